The Morgan fingerprint density at radius 3 is 2.35 bits per heavy atom. The van der Waals surface area contributed by atoms with E-state index < -0.39 is 0 Å². The molecular weight excluding hydrogens is 258 g/mol. The van der Waals surface area contributed by atoms with Gasteiger partial charge >= 0.3 is 11.9 Å². The van der Waals surface area contributed by atoms with Crippen LogP contribution in [0.25, 0.3) is 0 Å². The van der Waals surface area contributed by atoms with Crippen LogP contribution in [-0.2, 0) is 20.8 Å². The van der Waals surface area contributed by atoms with Crippen molar-refractivity contribution in [3.63, 3.8) is 0 Å². The molecule has 0 aliphatic heterocycles. The quantitative estimate of drug-likeness (QED) is 0.772. The molecule has 1 unspecified atom stereocenters. The summed E-state index contributed by atoms with van der Waals surface area (Å²) >= 11 is 0. The number of ether oxygens (including phenoxy) is 2. The third-order valence-corrected chi connectivity index (χ3v) is 2.91. The zero-order valence-corrected chi connectivity index (χ0v) is 12.1. The van der Waals surface area contributed by atoms with Gasteiger partial charge < -0.3 is 14.8 Å². The second-order valence-corrected chi connectivity index (χ2v) is 4.28. The van der Waals surface area contributed by atoms with Gasteiger partial charge in [-0.3, -0.25) is 4.79 Å². The maximum absolute atomic E-state index is 11.5. The lowest BCUT2D eigenvalue weighted by Gasteiger charge is -2.14. The van der Waals surface area contributed by atoms with E-state index >= 15 is 0 Å². The normalized spacial score (nSPS) is 11.8. The third-order valence-electron chi connectivity index (χ3n) is 2.91. The van der Waals surface area contributed by atoms with Crippen LogP contribution < -0.4 is 5.32 Å². The van der Waals surface area contributed by atoms with E-state index in [4.69, 9.17) is 9.47 Å². The van der Waals surface area contributed by atoms with Gasteiger partial charge in [-0.25, -0.2) is 4.79 Å². The summed E-state index contributed by atoms with van der Waals surface area (Å²) in [5, 5.41) is 3.12. The number of hydrogen-bond donors (Lipinski definition) is 1. The van der Waals surface area contributed by atoms with Gasteiger partial charge in [0.05, 0.1) is 19.3 Å². The van der Waals surface area contributed by atoms with E-state index in [0.29, 0.717) is 25.1 Å². The van der Waals surface area contributed by atoms with Crippen LogP contribution in [0.2, 0.25) is 0 Å². The lowest BCUT2D eigenvalue weighted by molar-refractivity contribution is -0.143. The first kappa shape index (κ1) is 16.2. The van der Waals surface area contributed by atoms with Crippen molar-refractivity contribution in [2.45, 2.75) is 32.9 Å². The van der Waals surface area contributed by atoms with Crippen LogP contribution >= 0.6 is 0 Å². The molecule has 0 amide bonds. The van der Waals surface area contributed by atoms with Gasteiger partial charge in [0.1, 0.15) is 6.04 Å². The molecule has 0 aromatic heterocycles. The van der Waals surface area contributed by atoms with Gasteiger partial charge in [0.25, 0.3) is 0 Å². The lowest BCUT2D eigenvalue weighted by atomic mass is 10.1. The molecule has 0 saturated carbocycles. The summed E-state index contributed by atoms with van der Waals surface area (Å²) in [6, 6.07) is 6.79. The van der Waals surface area contributed by atoms with E-state index in [1.165, 1.54) is 7.11 Å². The van der Waals surface area contributed by atoms with Crippen LogP contribution in [0.5, 0.6) is 0 Å². The Balaban J connectivity index is 2.57. The average Bonchev–Trinajstić information content (AvgIpc) is 2.48. The van der Waals surface area contributed by atoms with Crippen LogP contribution in [0.1, 0.15) is 36.2 Å². The summed E-state index contributed by atoms with van der Waals surface area (Å²) in [5.74, 6) is -0.594. The van der Waals surface area contributed by atoms with Gasteiger partial charge in [-0.1, -0.05) is 19.1 Å². The number of benzene rings is 1. The van der Waals surface area contributed by atoms with Gasteiger partial charge in [0.15, 0.2) is 0 Å². The third kappa shape index (κ3) is 4.66. The Kier molecular flexibility index (Phi) is 6.73. The highest BCUT2D eigenvalue weighted by Crippen LogP contribution is 2.07. The van der Waals surface area contributed by atoms with Gasteiger partial charge in [0, 0.05) is 6.54 Å². The summed E-state index contributed by atoms with van der Waals surface area (Å²) in [7, 11) is 1.38. The molecule has 0 fully saturated rings. The molecule has 20 heavy (non-hydrogen) atoms. The summed E-state index contributed by atoms with van der Waals surface area (Å²) < 4.78 is 9.62. The smallest absolute Gasteiger partial charge is 0.338 e. The SMILES string of the molecule is CCOC(=O)c1ccc(CNC(CC)C(=O)OC)cc1. The molecule has 1 rings (SSSR count). The fourth-order valence-electron chi connectivity index (χ4n) is 1.75. The minimum Gasteiger partial charge on any atom is -0.468 e. The Bertz CT molecular complexity index is 442. The number of rotatable bonds is 7. The van der Waals surface area contributed by atoms with Crippen molar-refractivity contribution < 1.29 is 19.1 Å². The zero-order valence-electron chi connectivity index (χ0n) is 12.1. The Labute approximate surface area is 119 Å². The van der Waals surface area contributed by atoms with Crippen molar-refractivity contribution in [1.82, 2.24) is 5.32 Å². The van der Waals surface area contributed by atoms with E-state index in [1.807, 2.05) is 19.1 Å². The number of carbonyl (C=O) groups is 2. The number of hydrogen-bond acceptors (Lipinski definition) is 5. The van der Waals surface area contributed by atoms with Gasteiger partial charge in [-0.2, -0.15) is 0 Å². The molecule has 0 aliphatic carbocycles. The first-order valence-corrected chi connectivity index (χ1v) is 6.69. The highest BCUT2D eigenvalue weighted by atomic mass is 16.5. The molecule has 0 heterocycles. The molecule has 1 N–H and O–H groups in total. The van der Waals surface area contributed by atoms with E-state index in [-0.39, 0.29) is 18.0 Å². The van der Waals surface area contributed by atoms with Crippen LogP contribution in [0.3, 0.4) is 0 Å². The highest BCUT2D eigenvalue weighted by Gasteiger charge is 2.15. The second-order valence-electron chi connectivity index (χ2n) is 4.28. The summed E-state index contributed by atoms with van der Waals surface area (Å²) in [6.07, 6.45) is 0.660. The molecular formula is C15H21NO4. The van der Waals surface area contributed by atoms with Crippen molar-refractivity contribution >= 4 is 11.9 Å². The van der Waals surface area contributed by atoms with E-state index in [9.17, 15) is 9.59 Å². The van der Waals surface area contributed by atoms with Crippen LogP contribution in [0.4, 0.5) is 0 Å². The van der Waals surface area contributed by atoms with Gasteiger partial charge in [-0.05, 0) is 31.0 Å². The molecule has 1 aromatic rings. The van der Waals surface area contributed by atoms with Crippen molar-refractivity contribution in [3.8, 4) is 0 Å². The molecule has 0 radical (unpaired) electrons. The minimum absolute atomic E-state index is 0.268. The van der Waals surface area contributed by atoms with Gasteiger partial charge in [-0.15, -0.1) is 0 Å². The van der Waals surface area contributed by atoms with Crippen molar-refractivity contribution in [1.29, 1.82) is 0 Å². The minimum atomic E-state index is -0.326. The fraction of sp³-hybridized carbons (Fsp3) is 0.467. The number of nitrogens with one attached hydrogen (secondary N) is 1. The summed E-state index contributed by atoms with van der Waals surface area (Å²) in [4.78, 5) is 22.9. The lowest BCUT2D eigenvalue weighted by Crippen LogP contribution is -2.36. The summed E-state index contributed by atoms with van der Waals surface area (Å²) in [6.45, 7) is 4.59. The number of carbonyl (C=O) groups excluding carboxylic acids is 2. The molecule has 0 spiro atoms. The standard InChI is InChI=1S/C15H21NO4/c1-4-13(15(18)19-3)16-10-11-6-8-12(9-7-11)14(17)20-5-2/h6-9,13,16H,4-5,10H2,1-3H3. The molecule has 1 aromatic carbocycles. The van der Waals surface area contributed by atoms with Crippen LogP contribution in [-0.4, -0.2) is 31.7 Å². The average molecular weight is 279 g/mol. The maximum Gasteiger partial charge on any atom is 0.338 e. The highest BCUT2D eigenvalue weighted by molar-refractivity contribution is 5.89. The van der Waals surface area contributed by atoms with E-state index in [1.54, 1.807) is 19.1 Å². The Morgan fingerprint density at radius 1 is 1.20 bits per heavy atom. The van der Waals surface area contributed by atoms with Crippen molar-refractivity contribution in [3.05, 3.63) is 35.4 Å². The van der Waals surface area contributed by atoms with E-state index in [0.717, 1.165) is 5.56 Å². The second kappa shape index (κ2) is 8.32. The molecule has 5 heteroatoms. The first-order valence-electron chi connectivity index (χ1n) is 6.69. The molecule has 0 bridgehead atoms. The fourth-order valence-corrected chi connectivity index (χ4v) is 1.75. The van der Waals surface area contributed by atoms with Crippen LogP contribution in [0, 0.1) is 0 Å². The zero-order chi connectivity index (χ0) is 15.0. The monoisotopic (exact) mass is 279 g/mol. The predicted octanol–water partition coefficient (Wildman–Crippen LogP) is 1.90. The summed E-state index contributed by atoms with van der Waals surface area (Å²) in [5.41, 5.74) is 1.51. The largest absolute Gasteiger partial charge is 0.468 e. The molecule has 5 nitrogen and oxygen atoms in total. The molecule has 0 aliphatic rings. The van der Waals surface area contributed by atoms with Crippen molar-refractivity contribution in [2.24, 2.45) is 0 Å². The molecule has 110 valence electrons. The van der Waals surface area contributed by atoms with Gasteiger partial charge in [0.2, 0.25) is 0 Å². The van der Waals surface area contributed by atoms with Crippen LogP contribution in [0.15, 0.2) is 24.3 Å². The number of methoxy groups -OCH3 is 1. The molecule has 0 saturated heterocycles. The van der Waals surface area contributed by atoms with E-state index in [2.05, 4.69) is 5.32 Å². The molecule has 1 atom stereocenters. The Morgan fingerprint density at radius 2 is 1.85 bits per heavy atom. The maximum atomic E-state index is 11.5. The van der Waals surface area contributed by atoms with Crippen molar-refractivity contribution in [2.75, 3.05) is 13.7 Å². The first-order chi connectivity index (χ1) is 9.62. The Hall–Kier alpha value is -1.88. The predicted molar refractivity (Wildman–Crippen MR) is 75.3 cm³/mol. The topological polar surface area (TPSA) is 64.6 Å². The number of esters is 2.